The second kappa shape index (κ2) is 6.26. The fourth-order valence-corrected chi connectivity index (χ4v) is 2.18. The Balaban J connectivity index is 3.49. The molecule has 106 valence electrons. The number of nitrogens with one attached hydrogen (secondary N) is 1. The molecule has 0 fully saturated rings. The number of nitrogens with zero attached hydrogens (tertiary/aromatic N) is 2. The summed E-state index contributed by atoms with van der Waals surface area (Å²) in [5, 5.41) is 3.07. The molecule has 0 saturated heterocycles. The lowest BCUT2D eigenvalue weighted by Crippen LogP contribution is -2.12. The predicted octanol–water partition coefficient (Wildman–Crippen LogP) is 1.65. The second-order valence-corrected chi connectivity index (χ2v) is 4.04. The van der Waals surface area contributed by atoms with Gasteiger partial charge in [-0.15, -0.1) is 0 Å². The first kappa shape index (κ1) is 15.1. The number of rotatable bonds is 5. The van der Waals surface area contributed by atoms with Gasteiger partial charge in [0.05, 0.1) is 17.9 Å². The van der Waals surface area contributed by atoms with Gasteiger partial charge in [0.2, 0.25) is 0 Å². The van der Waals surface area contributed by atoms with Crippen LogP contribution in [0.2, 0.25) is 0 Å². The second-order valence-electron chi connectivity index (χ2n) is 4.04. The van der Waals surface area contributed by atoms with Gasteiger partial charge in [-0.25, -0.2) is 4.79 Å². The highest BCUT2D eigenvalue weighted by atomic mass is 16.5. The third kappa shape index (κ3) is 2.57. The minimum Gasteiger partial charge on any atom is -0.461 e. The van der Waals surface area contributed by atoms with Crippen molar-refractivity contribution in [3.63, 3.8) is 0 Å². The molecule has 6 heteroatoms. The number of nitrogen functional groups attached to an aromatic ring is 1. The Bertz CT molecular complexity index is 503. The number of hydrogen-bond acceptors (Lipinski definition) is 5. The summed E-state index contributed by atoms with van der Waals surface area (Å²) < 4.78 is 6.75. The Hall–Kier alpha value is -1.98. The van der Waals surface area contributed by atoms with E-state index in [1.54, 1.807) is 32.6 Å². The van der Waals surface area contributed by atoms with Crippen LogP contribution in [0.5, 0.6) is 0 Å². The highest BCUT2D eigenvalue weighted by Crippen LogP contribution is 2.31. The van der Waals surface area contributed by atoms with Crippen LogP contribution in [0, 0.1) is 0 Å². The van der Waals surface area contributed by atoms with Gasteiger partial charge in [0.1, 0.15) is 5.82 Å². The maximum Gasteiger partial charge on any atom is 0.357 e. The monoisotopic (exact) mass is 266 g/mol. The summed E-state index contributed by atoms with van der Waals surface area (Å²) in [6.07, 6.45) is 0.738. The van der Waals surface area contributed by atoms with Crippen LogP contribution in [0.25, 0.3) is 0 Å². The van der Waals surface area contributed by atoms with Crippen LogP contribution in [-0.2, 0) is 11.8 Å². The number of anilines is 2. The Kier molecular flexibility index (Phi) is 4.97. The van der Waals surface area contributed by atoms with E-state index in [9.17, 15) is 4.79 Å². The van der Waals surface area contributed by atoms with E-state index in [0.29, 0.717) is 18.0 Å². The number of aliphatic imine (C=N–C) groups is 1. The van der Waals surface area contributed by atoms with Crippen LogP contribution >= 0.6 is 0 Å². The van der Waals surface area contributed by atoms with Crippen LogP contribution < -0.4 is 11.1 Å². The molecule has 0 unspecified atom stereocenters. The number of carbonyl (C=O) groups is 1. The molecule has 0 spiro atoms. The molecule has 0 aliphatic carbocycles. The van der Waals surface area contributed by atoms with Crippen molar-refractivity contribution in [1.82, 2.24) is 4.57 Å². The number of nitrogens with two attached hydrogens (primary N) is 1. The lowest BCUT2D eigenvalue weighted by Gasteiger charge is -2.08. The maximum atomic E-state index is 12.0. The topological polar surface area (TPSA) is 81.6 Å². The van der Waals surface area contributed by atoms with Crippen molar-refractivity contribution >= 4 is 23.2 Å². The number of esters is 1. The third-order valence-electron chi connectivity index (χ3n) is 3.03. The van der Waals surface area contributed by atoms with Gasteiger partial charge in [0.15, 0.2) is 5.69 Å². The van der Waals surface area contributed by atoms with Crippen molar-refractivity contribution in [2.24, 2.45) is 12.0 Å². The molecule has 1 heterocycles. The summed E-state index contributed by atoms with van der Waals surface area (Å²) in [4.78, 5) is 16.2. The van der Waals surface area contributed by atoms with E-state index >= 15 is 0 Å². The molecule has 0 amide bonds. The summed E-state index contributed by atoms with van der Waals surface area (Å²) in [6, 6.07) is 0. The number of hydrogen-bond donors (Lipinski definition) is 2. The molecular weight excluding hydrogens is 244 g/mol. The van der Waals surface area contributed by atoms with Crippen molar-refractivity contribution in [3.8, 4) is 0 Å². The molecule has 3 N–H and O–H groups in total. The summed E-state index contributed by atoms with van der Waals surface area (Å²) in [6.45, 7) is 4.08. The Morgan fingerprint density at radius 1 is 1.47 bits per heavy atom. The van der Waals surface area contributed by atoms with E-state index in [4.69, 9.17) is 10.5 Å². The van der Waals surface area contributed by atoms with Crippen LogP contribution in [0.4, 0.5) is 11.5 Å². The molecular formula is C13H22N4O2. The molecule has 0 atom stereocenters. The maximum absolute atomic E-state index is 12.0. The number of ether oxygens (including phenoxy) is 1. The highest BCUT2D eigenvalue weighted by Gasteiger charge is 2.26. The fraction of sp³-hybridized carbons (Fsp3) is 0.538. The molecule has 1 aromatic rings. The molecule has 0 saturated carbocycles. The van der Waals surface area contributed by atoms with E-state index in [0.717, 1.165) is 23.5 Å². The molecule has 1 aromatic heterocycles. The lowest BCUT2D eigenvalue weighted by molar-refractivity contribution is 0.0517. The largest absolute Gasteiger partial charge is 0.461 e. The van der Waals surface area contributed by atoms with Gasteiger partial charge in [-0.05, 0) is 13.3 Å². The SMILES string of the molecule is CCOC(=O)c1c(N)c(C(CC)=NC)c(NC)n1C. The van der Waals surface area contributed by atoms with E-state index in [1.165, 1.54) is 0 Å². The molecule has 0 bridgehead atoms. The van der Waals surface area contributed by atoms with Crippen molar-refractivity contribution < 1.29 is 9.53 Å². The summed E-state index contributed by atoms with van der Waals surface area (Å²) in [5.41, 5.74) is 8.52. The van der Waals surface area contributed by atoms with Crippen molar-refractivity contribution in [3.05, 3.63) is 11.3 Å². The van der Waals surface area contributed by atoms with Crippen LogP contribution in [0.15, 0.2) is 4.99 Å². The molecule has 1 rings (SSSR count). The van der Waals surface area contributed by atoms with Crippen LogP contribution in [-0.4, -0.2) is 37.0 Å². The summed E-state index contributed by atoms with van der Waals surface area (Å²) in [5.74, 6) is 0.347. The molecule has 6 nitrogen and oxygen atoms in total. The fourth-order valence-electron chi connectivity index (χ4n) is 2.18. The third-order valence-corrected chi connectivity index (χ3v) is 3.03. The van der Waals surface area contributed by atoms with Gasteiger partial charge in [0, 0.05) is 26.9 Å². The van der Waals surface area contributed by atoms with Crippen molar-refractivity contribution in [2.45, 2.75) is 20.3 Å². The quantitative estimate of drug-likeness (QED) is 0.627. The summed E-state index contributed by atoms with van der Waals surface area (Å²) >= 11 is 0. The van der Waals surface area contributed by atoms with Gasteiger partial charge in [-0.2, -0.15) is 0 Å². The molecule has 0 radical (unpaired) electrons. The summed E-state index contributed by atoms with van der Waals surface area (Å²) in [7, 11) is 5.28. The standard InChI is InChI=1S/C13H22N4O2/c1-6-8(15-3)9-10(14)11(13(18)19-7-2)17(5)12(9)16-4/h16H,6-7,14H2,1-5H3. The minimum atomic E-state index is -0.420. The first-order valence-electron chi connectivity index (χ1n) is 6.32. The zero-order chi connectivity index (χ0) is 14.6. The van der Waals surface area contributed by atoms with Crippen LogP contribution in [0.3, 0.4) is 0 Å². The normalized spacial score (nSPS) is 11.5. The zero-order valence-electron chi connectivity index (χ0n) is 12.2. The predicted molar refractivity (Wildman–Crippen MR) is 78.1 cm³/mol. The zero-order valence-corrected chi connectivity index (χ0v) is 12.2. The van der Waals surface area contributed by atoms with E-state index in [-0.39, 0.29) is 0 Å². The van der Waals surface area contributed by atoms with Gasteiger partial charge in [-0.3, -0.25) is 4.99 Å². The average Bonchev–Trinajstić information content (AvgIpc) is 2.63. The van der Waals surface area contributed by atoms with Crippen molar-refractivity contribution in [2.75, 3.05) is 31.8 Å². The highest BCUT2D eigenvalue weighted by molar-refractivity contribution is 6.13. The first-order chi connectivity index (χ1) is 9.03. The first-order valence-corrected chi connectivity index (χ1v) is 6.32. The van der Waals surface area contributed by atoms with E-state index in [2.05, 4.69) is 10.3 Å². The smallest absolute Gasteiger partial charge is 0.357 e. The average molecular weight is 266 g/mol. The van der Waals surface area contributed by atoms with Gasteiger partial charge in [0.25, 0.3) is 0 Å². The Labute approximate surface area is 113 Å². The lowest BCUT2D eigenvalue weighted by atomic mass is 10.1. The number of carbonyl (C=O) groups excluding carboxylic acids is 1. The number of aromatic nitrogens is 1. The van der Waals surface area contributed by atoms with E-state index < -0.39 is 5.97 Å². The van der Waals surface area contributed by atoms with Crippen molar-refractivity contribution in [1.29, 1.82) is 0 Å². The molecule has 0 aliphatic rings. The van der Waals surface area contributed by atoms with Crippen LogP contribution in [0.1, 0.15) is 36.3 Å². The van der Waals surface area contributed by atoms with Gasteiger partial charge in [-0.1, -0.05) is 6.92 Å². The Morgan fingerprint density at radius 3 is 2.53 bits per heavy atom. The molecule has 0 aliphatic heterocycles. The Morgan fingerprint density at radius 2 is 2.11 bits per heavy atom. The van der Waals surface area contributed by atoms with Gasteiger partial charge >= 0.3 is 5.97 Å². The molecule has 0 aromatic carbocycles. The van der Waals surface area contributed by atoms with E-state index in [1.807, 2.05) is 6.92 Å². The van der Waals surface area contributed by atoms with Gasteiger partial charge < -0.3 is 20.4 Å². The molecule has 19 heavy (non-hydrogen) atoms. The minimum absolute atomic E-state index is 0.316.